The van der Waals surface area contributed by atoms with Crippen LogP contribution in [0.4, 0.5) is 5.69 Å². The summed E-state index contributed by atoms with van der Waals surface area (Å²) in [6.07, 6.45) is 0. The number of carbonyl (C=O) groups is 3. The minimum absolute atomic E-state index is 0.0286. The van der Waals surface area contributed by atoms with E-state index in [1.807, 2.05) is 0 Å². The zero-order valence-electron chi connectivity index (χ0n) is 11.4. The molecule has 6 heteroatoms. The maximum atomic E-state index is 12.2. The van der Waals surface area contributed by atoms with Crippen molar-refractivity contribution in [2.45, 2.75) is 0 Å². The molecule has 0 saturated carbocycles. The molecule has 6 nitrogen and oxygen atoms in total. The minimum atomic E-state index is -1.33. The van der Waals surface area contributed by atoms with Crippen molar-refractivity contribution < 1.29 is 19.5 Å². The van der Waals surface area contributed by atoms with Crippen molar-refractivity contribution in [3.63, 3.8) is 0 Å². The molecular formula is C16H11N2O4-. The van der Waals surface area contributed by atoms with Crippen LogP contribution in [0, 0.1) is 0 Å². The molecule has 0 aromatic heterocycles. The number of imide groups is 1. The number of carbonyl (C=O) groups excluding carboxylic acids is 3. The van der Waals surface area contributed by atoms with Gasteiger partial charge in [-0.1, -0.05) is 30.3 Å². The summed E-state index contributed by atoms with van der Waals surface area (Å²) in [5.74, 6) is -2.14. The summed E-state index contributed by atoms with van der Waals surface area (Å²) in [6.45, 7) is -0.114. The van der Waals surface area contributed by atoms with E-state index < -0.39 is 17.8 Å². The Bertz CT molecular complexity index is 750. The SMILES string of the molecule is O=C([O-])c1ccccc1NCN1C(=O)c2ccccc2C1=O. The number of carboxylic acid groups (broad SMARTS) is 1. The highest BCUT2D eigenvalue weighted by Crippen LogP contribution is 2.23. The number of hydrogen-bond donors (Lipinski definition) is 1. The maximum absolute atomic E-state index is 12.2. The topological polar surface area (TPSA) is 89.5 Å². The number of benzene rings is 2. The number of amides is 2. The van der Waals surface area contributed by atoms with Crippen LogP contribution in [-0.4, -0.2) is 29.4 Å². The van der Waals surface area contributed by atoms with Crippen LogP contribution in [0.5, 0.6) is 0 Å². The van der Waals surface area contributed by atoms with E-state index in [9.17, 15) is 19.5 Å². The van der Waals surface area contributed by atoms with Crippen LogP contribution < -0.4 is 10.4 Å². The first-order valence-corrected chi connectivity index (χ1v) is 6.59. The Hall–Kier alpha value is -3.15. The van der Waals surface area contributed by atoms with Crippen LogP contribution in [0.15, 0.2) is 48.5 Å². The molecule has 0 aliphatic carbocycles. The summed E-state index contributed by atoms with van der Waals surface area (Å²) in [4.78, 5) is 36.4. The molecule has 0 spiro atoms. The van der Waals surface area contributed by atoms with Crippen molar-refractivity contribution in [2.24, 2.45) is 0 Å². The molecule has 0 unspecified atom stereocenters. The van der Waals surface area contributed by atoms with Gasteiger partial charge in [0.1, 0.15) is 0 Å². The Morgan fingerprint density at radius 2 is 1.50 bits per heavy atom. The largest absolute Gasteiger partial charge is 0.545 e. The van der Waals surface area contributed by atoms with Crippen molar-refractivity contribution in [3.8, 4) is 0 Å². The van der Waals surface area contributed by atoms with Gasteiger partial charge in [-0.25, -0.2) is 0 Å². The van der Waals surface area contributed by atoms with E-state index in [1.54, 1.807) is 42.5 Å². The molecule has 0 bridgehead atoms. The third kappa shape index (κ3) is 2.20. The van der Waals surface area contributed by atoms with Crippen LogP contribution in [0.25, 0.3) is 0 Å². The van der Waals surface area contributed by atoms with Gasteiger partial charge in [0.25, 0.3) is 11.8 Å². The molecule has 2 aromatic carbocycles. The number of rotatable bonds is 4. The van der Waals surface area contributed by atoms with Crippen molar-refractivity contribution in [3.05, 3.63) is 65.2 Å². The third-order valence-electron chi connectivity index (χ3n) is 3.45. The first-order chi connectivity index (χ1) is 10.6. The van der Waals surface area contributed by atoms with Crippen molar-refractivity contribution >= 4 is 23.5 Å². The normalized spacial score (nSPS) is 13.2. The zero-order chi connectivity index (χ0) is 15.7. The summed E-state index contributed by atoms with van der Waals surface area (Å²) in [5.41, 5.74) is 0.961. The lowest BCUT2D eigenvalue weighted by Gasteiger charge is -2.18. The number of hydrogen-bond acceptors (Lipinski definition) is 5. The second-order valence-corrected chi connectivity index (χ2v) is 4.75. The van der Waals surface area contributed by atoms with Crippen molar-refractivity contribution in [1.82, 2.24) is 4.90 Å². The second-order valence-electron chi connectivity index (χ2n) is 4.75. The predicted molar refractivity (Wildman–Crippen MR) is 76.2 cm³/mol. The third-order valence-corrected chi connectivity index (χ3v) is 3.45. The van der Waals surface area contributed by atoms with Crippen molar-refractivity contribution in [2.75, 3.05) is 12.0 Å². The summed E-state index contributed by atoms with van der Waals surface area (Å²) in [7, 11) is 0. The molecule has 2 amide bonds. The van der Waals surface area contributed by atoms with Crippen LogP contribution in [0.2, 0.25) is 0 Å². The lowest BCUT2D eigenvalue weighted by atomic mass is 10.1. The van der Waals surface area contributed by atoms with Gasteiger partial charge in [0, 0.05) is 11.3 Å². The number of fused-ring (bicyclic) bond motifs is 1. The molecule has 1 heterocycles. The van der Waals surface area contributed by atoms with Gasteiger partial charge in [0.05, 0.1) is 23.8 Å². The first-order valence-electron chi connectivity index (χ1n) is 6.59. The van der Waals surface area contributed by atoms with E-state index in [0.29, 0.717) is 16.8 Å². The maximum Gasteiger partial charge on any atom is 0.263 e. The Kier molecular flexibility index (Phi) is 3.34. The highest BCUT2D eigenvalue weighted by atomic mass is 16.4. The molecule has 1 aliphatic heterocycles. The lowest BCUT2D eigenvalue weighted by Crippen LogP contribution is -2.35. The fourth-order valence-corrected chi connectivity index (χ4v) is 2.36. The predicted octanol–water partition coefficient (Wildman–Crippen LogP) is 0.716. The Morgan fingerprint density at radius 3 is 2.09 bits per heavy atom. The van der Waals surface area contributed by atoms with E-state index in [4.69, 9.17) is 0 Å². The summed E-state index contributed by atoms with van der Waals surface area (Å²) >= 11 is 0. The summed E-state index contributed by atoms with van der Waals surface area (Å²) in [6, 6.07) is 12.7. The van der Waals surface area contributed by atoms with E-state index in [1.165, 1.54) is 6.07 Å². The minimum Gasteiger partial charge on any atom is -0.545 e. The molecule has 0 radical (unpaired) electrons. The average molecular weight is 295 g/mol. The molecule has 2 aromatic rings. The average Bonchev–Trinajstić information content (AvgIpc) is 2.77. The number of para-hydroxylation sites is 1. The molecule has 0 fully saturated rings. The molecule has 1 aliphatic rings. The monoisotopic (exact) mass is 295 g/mol. The quantitative estimate of drug-likeness (QED) is 0.839. The zero-order valence-corrected chi connectivity index (χ0v) is 11.4. The second kappa shape index (κ2) is 5.33. The molecule has 1 N–H and O–H groups in total. The lowest BCUT2D eigenvalue weighted by molar-refractivity contribution is -0.254. The van der Waals surface area contributed by atoms with Gasteiger partial charge in [-0.2, -0.15) is 0 Å². The number of nitrogens with one attached hydrogen (secondary N) is 1. The van der Waals surface area contributed by atoms with E-state index in [-0.39, 0.29) is 12.2 Å². The Morgan fingerprint density at radius 1 is 0.955 bits per heavy atom. The van der Waals surface area contributed by atoms with Crippen LogP contribution in [-0.2, 0) is 0 Å². The van der Waals surface area contributed by atoms with Gasteiger partial charge < -0.3 is 15.2 Å². The molecular weight excluding hydrogens is 284 g/mol. The first kappa shape index (κ1) is 13.8. The van der Waals surface area contributed by atoms with E-state index >= 15 is 0 Å². The van der Waals surface area contributed by atoms with E-state index in [0.717, 1.165) is 4.90 Å². The molecule has 110 valence electrons. The number of anilines is 1. The van der Waals surface area contributed by atoms with Gasteiger partial charge in [-0.15, -0.1) is 0 Å². The Labute approximate surface area is 126 Å². The summed E-state index contributed by atoms with van der Waals surface area (Å²) in [5, 5.41) is 13.8. The number of aromatic carboxylic acids is 1. The standard InChI is InChI=1S/C16H12N2O4/c19-14-10-5-1-2-6-11(10)15(20)18(14)9-17-13-8-4-3-7-12(13)16(21)22/h1-8,17H,9H2,(H,21,22)/p-1. The molecule has 0 saturated heterocycles. The van der Waals surface area contributed by atoms with Crippen LogP contribution >= 0.6 is 0 Å². The number of carboxylic acids is 1. The van der Waals surface area contributed by atoms with Crippen LogP contribution in [0.1, 0.15) is 31.1 Å². The van der Waals surface area contributed by atoms with Crippen molar-refractivity contribution in [1.29, 1.82) is 0 Å². The van der Waals surface area contributed by atoms with Crippen LogP contribution in [0.3, 0.4) is 0 Å². The van der Waals surface area contributed by atoms with Gasteiger partial charge in [0.15, 0.2) is 0 Å². The van der Waals surface area contributed by atoms with Gasteiger partial charge in [-0.3, -0.25) is 14.5 Å². The highest BCUT2D eigenvalue weighted by Gasteiger charge is 2.34. The van der Waals surface area contributed by atoms with Gasteiger partial charge in [-0.05, 0) is 18.2 Å². The Balaban J connectivity index is 1.81. The molecule has 22 heavy (non-hydrogen) atoms. The molecule has 0 atom stereocenters. The number of nitrogens with zero attached hydrogens (tertiary/aromatic N) is 1. The van der Waals surface area contributed by atoms with Gasteiger partial charge in [0.2, 0.25) is 0 Å². The smallest absolute Gasteiger partial charge is 0.263 e. The van der Waals surface area contributed by atoms with Gasteiger partial charge >= 0.3 is 0 Å². The fraction of sp³-hybridized carbons (Fsp3) is 0.0625. The molecule has 3 rings (SSSR count). The highest BCUT2D eigenvalue weighted by molar-refractivity contribution is 6.21. The fourth-order valence-electron chi connectivity index (χ4n) is 2.36. The van der Waals surface area contributed by atoms with E-state index in [2.05, 4.69) is 5.32 Å². The summed E-state index contributed by atoms with van der Waals surface area (Å²) < 4.78 is 0.